The maximum Gasteiger partial charge on any atom is 0.425 e. The lowest BCUT2D eigenvalue weighted by Gasteiger charge is -2.36. The number of carbonyl (C=O) groups is 3. The highest BCUT2D eigenvalue weighted by Gasteiger charge is 2.65. The zero-order chi connectivity index (χ0) is 28.1. The van der Waals surface area contributed by atoms with Crippen molar-refractivity contribution >= 4 is 18.2 Å². The van der Waals surface area contributed by atoms with Gasteiger partial charge in [-0.15, -0.1) is 0 Å². The van der Waals surface area contributed by atoms with Crippen LogP contribution < -0.4 is 0 Å². The van der Waals surface area contributed by atoms with Crippen molar-refractivity contribution in [2.45, 2.75) is 117 Å². The SMILES string of the molecule is CC(C)(C)OC(=O)N1CC(F)(F)[C@H]2[C@@H]1CN(C(=O)OC(C)(C)C)N2CCC(C)(C)C(=O)OC(C)(C)C. The molecule has 11 heteroatoms. The minimum absolute atomic E-state index is 0.0512. The molecular weight excluding hydrogens is 476 g/mol. The first-order chi connectivity index (χ1) is 15.9. The lowest BCUT2D eigenvalue weighted by atomic mass is 9.89. The Morgan fingerprint density at radius 3 is 1.75 bits per heavy atom. The van der Waals surface area contributed by atoms with Crippen molar-refractivity contribution in [3.05, 3.63) is 0 Å². The van der Waals surface area contributed by atoms with Gasteiger partial charge in [-0.05, 0) is 82.6 Å². The number of nitrogens with zero attached hydrogens (tertiary/aromatic N) is 3. The molecule has 2 fully saturated rings. The summed E-state index contributed by atoms with van der Waals surface area (Å²) in [6.45, 7) is 17.5. The summed E-state index contributed by atoms with van der Waals surface area (Å²) >= 11 is 0. The Hall–Kier alpha value is -2.17. The number of esters is 1. The minimum atomic E-state index is -3.33. The highest BCUT2D eigenvalue weighted by Crippen LogP contribution is 2.43. The van der Waals surface area contributed by atoms with Crippen LogP contribution in [0.25, 0.3) is 0 Å². The van der Waals surface area contributed by atoms with E-state index in [1.807, 2.05) is 0 Å². The Bertz CT molecular complexity index is 857. The second-order valence-electron chi connectivity index (χ2n) is 13.2. The van der Waals surface area contributed by atoms with Crippen LogP contribution >= 0.6 is 0 Å². The first-order valence-electron chi connectivity index (χ1n) is 12.3. The summed E-state index contributed by atoms with van der Waals surface area (Å²) in [5, 5.41) is 2.37. The van der Waals surface area contributed by atoms with Crippen LogP contribution in [0.2, 0.25) is 0 Å². The average molecular weight is 520 g/mol. The van der Waals surface area contributed by atoms with Crippen molar-refractivity contribution in [3.8, 4) is 0 Å². The van der Waals surface area contributed by atoms with E-state index in [1.165, 1.54) is 5.01 Å². The molecule has 0 radical (unpaired) electrons. The Morgan fingerprint density at radius 1 is 0.806 bits per heavy atom. The summed E-state index contributed by atoms with van der Waals surface area (Å²) in [5.41, 5.74) is -3.44. The second kappa shape index (κ2) is 9.61. The fourth-order valence-corrected chi connectivity index (χ4v) is 4.12. The molecule has 2 aliphatic rings. The lowest BCUT2D eigenvalue weighted by molar-refractivity contribution is -0.167. The standard InChI is InChI=1S/C25H43F2N3O6/c1-21(2,3)34-18(31)24(10,11)12-13-29-17-16(14-30(29)20(33)36-23(7,8)9)28(15-25(17,26)27)19(32)35-22(4,5)6/h16-17H,12-15H2,1-11H3/t16-,17+/m0/s1. The third-order valence-electron chi connectivity index (χ3n) is 5.72. The number of fused-ring (bicyclic) bond motifs is 1. The molecular formula is C25H43F2N3O6. The van der Waals surface area contributed by atoms with Gasteiger partial charge in [0.1, 0.15) is 22.8 Å². The van der Waals surface area contributed by atoms with Gasteiger partial charge in [0, 0.05) is 6.54 Å². The number of halogens is 2. The van der Waals surface area contributed by atoms with E-state index in [2.05, 4.69) is 0 Å². The predicted octanol–water partition coefficient (Wildman–Crippen LogP) is 4.84. The van der Waals surface area contributed by atoms with E-state index in [0.717, 1.165) is 9.91 Å². The zero-order valence-corrected chi connectivity index (χ0v) is 23.5. The Kier molecular flexibility index (Phi) is 8.02. The van der Waals surface area contributed by atoms with E-state index in [-0.39, 0.29) is 19.5 Å². The van der Waals surface area contributed by atoms with Crippen molar-refractivity contribution in [2.24, 2.45) is 5.41 Å². The van der Waals surface area contributed by atoms with Gasteiger partial charge in [-0.2, -0.15) is 0 Å². The van der Waals surface area contributed by atoms with Gasteiger partial charge in [0.05, 0.1) is 24.5 Å². The summed E-state index contributed by atoms with van der Waals surface area (Å²) in [6.07, 6.45) is -1.53. The largest absolute Gasteiger partial charge is 0.460 e. The fraction of sp³-hybridized carbons (Fsp3) is 0.880. The Morgan fingerprint density at radius 2 is 1.28 bits per heavy atom. The second-order valence-corrected chi connectivity index (χ2v) is 13.2. The van der Waals surface area contributed by atoms with E-state index in [0.29, 0.717) is 0 Å². The van der Waals surface area contributed by atoms with Crippen molar-refractivity contribution < 1.29 is 37.4 Å². The van der Waals surface area contributed by atoms with Gasteiger partial charge in [-0.3, -0.25) is 9.69 Å². The third kappa shape index (κ3) is 7.43. The van der Waals surface area contributed by atoms with E-state index < -0.39 is 64.9 Å². The van der Waals surface area contributed by atoms with Gasteiger partial charge in [-0.1, -0.05) is 0 Å². The van der Waals surface area contributed by atoms with Crippen LogP contribution in [0, 0.1) is 5.41 Å². The highest BCUT2D eigenvalue weighted by molar-refractivity contribution is 5.76. The third-order valence-corrected chi connectivity index (χ3v) is 5.72. The maximum atomic E-state index is 15.4. The van der Waals surface area contributed by atoms with E-state index in [4.69, 9.17) is 14.2 Å². The molecule has 9 nitrogen and oxygen atoms in total. The molecule has 0 aromatic carbocycles. The molecule has 2 aliphatic heterocycles. The van der Waals surface area contributed by atoms with Gasteiger partial charge in [0.2, 0.25) is 0 Å². The van der Waals surface area contributed by atoms with Crippen LogP contribution in [-0.4, -0.2) is 87.5 Å². The normalized spacial score (nSPS) is 22.9. The van der Waals surface area contributed by atoms with Crippen LogP contribution in [0.1, 0.15) is 82.6 Å². The number of amides is 2. The van der Waals surface area contributed by atoms with Crippen LogP contribution in [0.5, 0.6) is 0 Å². The van der Waals surface area contributed by atoms with Crippen LogP contribution in [0.3, 0.4) is 0 Å². The van der Waals surface area contributed by atoms with Gasteiger partial charge in [0.15, 0.2) is 0 Å². The van der Waals surface area contributed by atoms with Crippen LogP contribution in [0.15, 0.2) is 0 Å². The Labute approximate surface area is 213 Å². The number of hydrogen-bond acceptors (Lipinski definition) is 7. The summed E-state index contributed by atoms with van der Waals surface area (Å²) in [4.78, 5) is 39.6. The van der Waals surface area contributed by atoms with Gasteiger partial charge >= 0.3 is 18.2 Å². The Balaban J connectivity index is 2.36. The number of alkyl halides is 2. The molecule has 2 atom stereocenters. The first-order valence-corrected chi connectivity index (χ1v) is 12.3. The number of carbonyl (C=O) groups excluding carboxylic acids is 3. The fourth-order valence-electron chi connectivity index (χ4n) is 4.12. The molecule has 2 amide bonds. The van der Waals surface area contributed by atoms with Gasteiger partial charge in [0.25, 0.3) is 5.92 Å². The smallest absolute Gasteiger partial charge is 0.425 e. The van der Waals surface area contributed by atoms with Crippen LogP contribution in [-0.2, 0) is 19.0 Å². The number of likely N-dealkylation sites (tertiary alicyclic amines) is 1. The lowest BCUT2D eigenvalue weighted by Crippen LogP contribution is -2.53. The van der Waals surface area contributed by atoms with E-state index >= 15 is 8.78 Å². The van der Waals surface area contributed by atoms with Gasteiger partial charge < -0.3 is 14.2 Å². The van der Waals surface area contributed by atoms with Crippen molar-refractivity contribution in [3.63, 3.8) is 0 Å². The molecule has 2 heterocycles. The number of hydrazine groups is 1. The minimum Gasteiger partial charge on any atom is -0.460 e. The molecule has 2 rings (SSSR count). The van der Waals surface area contributed by atoms with Crippen molar-refractivity contribution in [1.29, 1.82) is 0 Å². The monoisotopic (exact) mass is 519 g/mol. The first kappa shape index (κ1) is 30.1. The van der Waals surface area contributed by atoms with Gasteiger partial charge in [-0.25, -0.2) is 28.4 Å². The molecule has 0 bridgehead atoms. The summed E-state index contributed by atoms with van der Waals surface area (Å²) < 4.78 is 47.2. The van der Waals surface area contributed by atoms with Crippen LogP contribution in [0.4, 0.5) is 18.4 Å². The summed E-state index contributed by atoms with van der Waals surface area (Å²) in [5.74, 6) is -3.79. The molecule has 36 heavy (non-hydrogen) atoms. The number of ether oxygens (including phenoxy) is 3. The maximum absolute atomic E-state index is 15.4. The number of hydrogen-bond donors (Lipinski definition) is 0. The quantitative estimate of drug-likeness (QED) is 0.388. The summed E-state index contributed by atoms with van der Waals surface area (Å²) in [7, 11) is 0. The molecule has 0 aromatic heterocycles. The molecule has 0 N–H and O–H groups in total. The molecule has 0 aliphatic carbocycles. The molecule has 0 unspecified atom stereocenters. The van der Waals surface area contributed by atoms with E-state index in [9.17, 15) is 14.4 Å². The van der Waals surface area contributed by atoms with Crippen molar-refractivity contribution in [2.75, 3.05) is 19.6 Å². The highest BCUT2D eigenvalue weighted by atomic mass is 19.3. The number of rotatable bonds is 4. The summed E-state index contributed by atoms with van der Waals surface area (Å²) in [6, 6.07) is -2.49. The molecule has 0 aromatic rings. The molecule has 208 valence electrons. The topological polar surface area (TPSA) is 88.6 Å². The molecule has 2 saturated heterocycles. The predicted molar refractivity (Wildman–Crippen MR) is 129 cm³/mol. The van der Waals surface area contributed by atoms with Crippen molar-refractivity contribution in [1.82, 2.24) is 14.9 Å². The van der Waals surface area contributed by atoms with E-state index in [1.54, 1.807) is 76.2 Å². The zero-order valence-electron chi connectivity index (χ0n) is 23.5. The molecule has 0 spiro atoms. The molecule has 0 saturated carbocycles. The average Bonchev–Trinajstić information content (AvgIpc) is 3.12.